The Morgan fingerprint density at radius 3 is 2.79 bits per heavy atom. The third-order valence-electron chi connectivity index (χ3n) is 3.95. The topological polar surface area (TPSA) is 71.8 Å². The van der Waals surface area contributed by atoms with Crippen LogP contribution in [0.25, 0.3) is 0 Å². The summed E-state index contributed by atoms with van der Waals surface area (Å²) in [5, 5.41) is 10.4. The van der Waals surface area contributed by atoms with Crippen molar-refractivity contribution in [2.45, 2.75) is 25.8 Å². The fourth-order valence-electron chi connectivity index (χ4n) is 2.81. The molecule has 6 nitrogen and oxygen atoms in total. The minimum atomic E-state index is 0. The highest BCUT2D eigenvalue weighted by Gasteiger charge is 2.16. The van der Waals surface area contributed by atoms with Gasteiger partial charge in [0.1, 0.15) is 12.7 Å². The van der Waals surface area contributed by atoms with E-state index in [1.54, 1.807) is 11.0 Å². The Morgan fingerprint density at radius 2 is 2.08 bits per heavy atom. The number of benzene rings is 1. The standard InChI is InChI=1S/C16H21N5O.2ClH/c22-16(9-13-4-6-17-7-5-13)20-15-3-1-2-14(8-15)10-21-12-18-11-19-21;;/h1-3,8,11-13,17H,4-7,9-10H2,(H,20,22);2*1H. The van der Waals surface area contributed by atoms with Crippen molar-refractivity contribution in [1.29, 1.82) is 0 Å². The molecule has 2 aromatic rings. The first kappa shape index (κ1) is 20.4. The highest BCUT2D eigenvalue weighted by atomic mass is 35.5. The number of amides is 1. The third kappa shape index (κ3) is 6.11. The quantitative estimate of drug-likeness (QED) is 0.846. The van der Waals surface area contributed by atoms with E-state index in [-0.39, 0.29) is 30.7 Å². The lowest BCUT2D eigenvalue weighted by Gasteiger charge is -2.21. The van der Waals surface area contributed by atoms with Crippen LogP contribution in [0.4, 0.5) is 5.69 Å². The summed E-state index contributed by atoms with van der Waals surface area (Å²) in [6, 6.07) is 7.88. The van der Waals surface area contributed by atoms with Gasteiger partial charge < -0.3 is 10.6 Å². The van der Waals surface area contributed by atoms with Crippen molar-refractivity contribution in [3.63, 3.8) is 0 Å². The lowest BCUT2D eigenvalue weighted by atomic mass is 9.94. The number of nitrogens with one attached hydrogen (secondary N) is 2. The Morgan fingerprint density at radius 1 is 1.29 bits per heavy atom. The van der Waals surface area contributed by atoms with Crippen molar-refractivity contribution >= 4 is 36.4 Å². The molecule has 1 aliphatic heterocycles. The van der Waals surface area contributed by atoms with Crippen molar-refractivity contribution in [2.75, 3.05) is 18.4 Å². The molecule has 1 aromatic carbocycles. The molecule has 0 radical (unpaired) electrons. The molecule has 3 rings (SSSR count). The number of aromatic nitrogens is 3. The molecular weight excluding hydrogens is 349 g/mol. The van der Waals surface area contributed by atoms with Crippen LogP contribution in [-0.2, 0) is 11.3 Å². The van der Waals surface area contributed by atoms with E-state index in [9.17, 15) is 4.79 Å². The van der Waals surface area contributed by atoms with Gasteiger partial charge in [0.25, 0.3) is 0 Å². The first-order valence-electron chi connectivity index (χ1n) is 7.71. The third-order valence-corrected chi connectivity index (χ3v) is 3.95. The lowest BCUT2D eigenvalue weighted by molar-refractivity contribution is -0.117. The average molecular weight is 372 g/mol. The summed E-state index contributed by atoms with van der Waals surface area (Å²) in [6.45, 7) is 2.69. The lowest BCUT2D eigenvalue weighted by Crippen LogP contribution is -2.30. The molecule has 2 heterocycles. The Labute approximate surface area is 154 Å². The minimum Gasteiger partial charge on any atom is -0.326 e. The van der Waals surface area contributed by atoms with Crippen LogP contribution in [0.2, 0.25) is 0 Å². The zero-order valence-corrected chi connectivity index (χ0v) is 15.0. The molecule has 0 bridgehead atoms. The maximum atomic E-state index is 12.1. The molecule has 0 aliphatic carbocycles. The van der Waals surface area contributed by atoms with Gasteiger partial charge >= 0.3 is 0 Å². The fourth-order valence-corrected chi connectivity index (χ4v) is 2.81. The van der Waals surface area contributed by atoms with Gasteiger partial charge in [-0.3, -0.25) is 4.79 Å². The van der Waals surface area contributed by atoms with Crippen LogP contribution in [0.3, 0.4) is 0 Å². The number of hydrogen-bond acceptors (Lipinski definition) is 4. The Kier molecular flexibility index (Phi) is 8.74. The SMILES string of the molecule is Cl.Cl.O=C(CC1CCNCC1)Nc1cccc(Cn2cncn2)c1. The average Bonchev–Trinajstić information content (AvgIpc) is 3.01. The van der Waals surface area contributed by atoms with Crippen LogP contribution in [0.15, 0.2) is 36.9 Å². The maximum absolute atomic E-state index is 12.1. The van der Waals surface area contributed by atoms with Gasteiger partial charge in [-0.15, -0.1) is 24.8 Å². The normalized spacial score (nSPS) is 14.3. The van der Waals surface area contributed by atoms with Crippen LogP contribution in [0, 0.1) is 5.92 Å². The molecule has 8 heteroatoms. The summed E-state index contributed by atoms with van der Waals surface area (Å²) in [4.78, 5) is 16.1. The van der Waals surface area contributed by atoms with E-state index < -0.39 is 0 Å². The molecular formula is C16H23Cl2N5O. The van der Waals surface area contributed by atoms with Crippen LogP contribution < -0.4 is 10.6 Å². The molecule has 1 fully saturated rings. The molecule has 1 saturated heterocycles. The van der Waals surface area contributed by atoms with E-state index in [0.717, 1.165) is 37.2 Å². The minimum absolute atomic E-state index is 0. The fraction of sp³-hybridized carbons (Fsp3) is 0.438. The number of halogens is 2. The second-order valence-corrected chi connectivity index (χ2v) is 5.74. The van der Waals surface area contributed by atoms with E-state index in [0.29, 0.717) is 18.9 Å². The maximum Gasteiger partial charge on any atom is 0.224 e. The monoisotopic (exact) mass is 371 g/mol. The van der Waals surface area contributed by atoms with Crippen LogP contribution >= 0.6 is 24.8 Å². The summed E-state index contributed by atoms with van der Waals surface area (Å²) >= 11 is 0. The Hall–Kier alpha value is -1.63. The van der Waals surface area contributed by atoms with Crippen LogP contribution in [0.5, 0.6) is 0 Å². The first-order chi connectivity index (χ1) is 10.8. The van der Waals surface area contributed by atoms with E-state index in [1.165, 1.54) is 6.33 Å². The van der Waals surface area contributed by atoms with Gasteiger partial charge in [0.05, 0.1) is 6.54 Å². The number of nitrogens with zero attached hydrogens (tertiary/aromatic N) is 3. The predicted molar refractivity (Wildman–Crippen MR) is 98.9 cm³/mol. The highest BCUT2D eigenvalue weighted by Crippen LogP contribution is 2.18. The molecule has 0 atom stereocenters. The van der Waals surface area contributed by atoms with E-state index in [2.05, 4.69) is 20.7 Å². The van der Waals surface area contributed by atoms with E-state index >= 15 is 0 Å². The number of carbonyl (C=O) groups is 1. The number of anilines is 1. The number of carbonyl (C=O) groups excluding carboxylic acids is 1. The molecule has 1 aromatic heterocycles. The second-order valence-electron chi connectivity index (χ2n) is 5.74. The van der Waals surface area contributed by atoms with Crippen molar-refractivity contribution in [3.05, 3.63) is 42.5 Å². The molecule has 0 saturated carbocycles. The largest absolute Gasteiger partial charge is 0.326 e. The molecule has 24 heavy (non-hydrogen) atoms. The van der Waals surface area contributed by atoms with Crippen molar-refractivity contribution < 1.29 is 4.79 Å². The summed E-state index contributed by atoms with van der Waals surface area (Å²) in [6.07, 6.45) is 5.97. The molecule has 2 N–H and O–H groups in total. The Balaban J connectivity index is 0.00000144. The number of piperidine rings is 1. The van der Waals surface area contributed by atoms with Gasteiger partial charge in [-0.25, -0.2) is 9.67 Å². The zero-order chi connectivity index (χ0) is 15.2. The van der Waals surface area contributed by atoms with Gasteiger partial charge in [-0.2, -0.15) is 5.10 Å². The highest BCUT2D eigenvalue weighted by molar-refractivity contribution is 5.90. The van der Waals surface area contributed by atoms with Gasteiger partial charge in [-0.1, -0.05) is 12.1 Å². The number of hydrogen-bond donors (Lipinski definition) is 2. The van der Waals surface area contributed by atoms with E-state index in [1.807, 2.05) is 24.3 Å². The predicted octanol–water partition coefficient (Wildman–Crippen LogP) is 2.50. The molecule has 1 amide bonds. The van der Waals surface area contributed by atoms with Gasteiger partial charge in [0, 0.05) is 12.1 Å². The molecule has 1 aliphatic rings. The Bertz CT molecular complexity index is 615. The molecule has 0 spiro atoms. The number of rotatable bonds is 5. The molecule has 132 valence electrons. The smallest absolute Gasteiger partial charge is 0.224 e. The van der Waals surface area contributed by atoms with E-state index in [4.69, 9.17) is 0 Å². The van der Waals surface area contributed by atoms with Gasteiger partial charge in [-0.05, 0) is 49.5 Å². The summed E-state index contributed by atoms with van der Waals surface area (Å²) in [7, 11) is 0. The van der Waals surface area contributed by atoms with Crippen LogP contribution in [0.1, 0.15) is 24.8 Å². The summed E-state index contributed by atoms with van der Waals surface area (Å²) in [5.41, 5.74) is 1.93. The van der Waals surface area contributed by atoms with Crippen molar-refractivity contribution in [3.8, 4) is 0 Å². The zero-order valence-electron chi connectivity index (χ0n) is 13.4. The van der Waals surface area contributed by atoms with Crippen LogP contribution in [-0.4, -0.2) is 33.8 Å². The summed E-state index contributed by atoms with van der Waals surface area (Å²) in [5.74, 6) is 0.601. The van der Waals surface area contributed by atoms with Gasteiger partial charge in [0.2, 0.25) is 5.91 Å². The van der Waals surface area contributed by atoms with Gasteiger partial charge in [0.15, 0.2) is 0 Å². The molecule has 0 unspecified atom stereocenters. The summed E-state index contributed by atoms with van der Waals surface area (Å²) < 4.78 is 1.76. The van der Waals surface area contributed by atoms with Crippen molar-refractivity contribution in [1.82, 2.24) is 20.1 Å². The first-order valence-corrected chi connectivity index (χ1v) is 7.71. The second kappa shape index (κ2) is 10.3. The van der Waals surface area contributed by atoms with Crippen molar-refractivity contribution in [2.24, 2.45) is 5.92 Å².